The first kappa shape index (κ1) is 24.4. The van der Waals surface area contributed by atoms with Crippen LogP contribution >= 0.6 is 0 Å². The molecule has 2 aromatic carbocycles. The van der Waals surface area contributed by atoms with Crippen molar-refractivity contribution in [2.24, 2.45) is 0 Å². The van der Waals surface area contributed by atoms with E-state index in [9.17, 15) is 13.2 Å². The summed E-state index contributed by atoms with van der Waals surface area (Å²) in [6.07, 6.45) is 3.04. The standard InChI is InChI=1S/C24H30N2O4S/c1-6-16-26(17-7-2)31(28,29)20-14-12-19(13-15-20)25-23(27)18-30-22-11-9-8-10-21(22)24(3,4)5/h6-15H,1-2,16-18H2,3-5H3,(H,25,27). The summed E-state index contributed by atoms with van der Waals surface area (Å²) in [6, 6.07) is 13.6. The number of para-hydroxylation sites is 1. The third-order valence-electron chi connectivity index (χ3n) is 4.50. The summed E-state index contributed by atoms with van der Waals surface area (Å²) >= 11 is 0. The van der Waals surface area contributed by atoms with Crippen LogP contribution in [0.15, 0.2) is 78.7 Å². The number of carbonyl (C=O) groups excluding carboxylic acids is 1. The van der Waals surface area contributed by atoms with E-state index in [1.807, 2.05) is 24.3 Å². The zero-order chi connectivity index (χ0) is 23.1. The summed E-state index contributed by atoms with van der Waals surface area (Å²) in [7, 11) is -3.68. The van der Waals surface area contributed by atoms with Crippen molar-refractivity contribution in [3.8, 4) is 5.75 Å². The normalized spacial score (nSPS) is 11.7. The van der Waals surface area contributed by atoms with Crippen molar-refractivity contribution < 1.29 is 17.9 Å². The number of hydrogen-bond acceptors (Lipinski definition) is 4. The second kappa shape index (κ2) is 10.4. The predicted molar refractivity (Wildman–Crippen MR) is 125 cm³/mol. The van der Waals surface area contributed by atoms with Crippen LogP contribution in [-0.2, 0) is 20.2 Å². The second-order valence-corrected chi connectivity index (χ2v) is 9.94. The van der Waals surface area contributed by atoms with Gasteiger partial charge in [-0.1, -0.05) is 51.1 Å². The smallest absolute Gasteiger partial charge is 0.262 e. The van der Waals surface area contributed by atoms with Gasteiger partial charge >= 0.3 is 0 Å². The van der Waals surface area contributed by atoms with Gasteiger partial charge in [-0.05, 0) is 41.3 Å². The summed E-state index contributed by atoms with van der Waals surface area (Å²) in [5.41, 5.74) is 1.39. The van der Waals surface area contributed by atoms with E-state index < -0.39 is 10.0 Å². The summed E-state index contributed by atoms with van der Waals surface area (Å²) in [5, 5.41) is 2.72. The van der Waals surface area contributed by atoms with Crippen LogP contribution in [-0.4, -0.2) is 38.3 Å². The summed E-state index contributed by atoms with van der Waals surface area (Å²) < 4.78 is 32.5. The van der Waals surface area contributed by atoms with E-state index in [0.717, 1.165) is 5.56 Å². The third-order valence-corrected chi connectivity index (χ3v) is 6.34. The Hall–Kier alpha value is -2.90. The predicted octanol–water partition coefficient (Wildman–Crippen LogP) is 4.36. The molecule has 2 aromatic rings. The number of ether oxygens (including phenoxy) is 1. The molecule has 0 heterocycles. The molecule has 0 aliphatic heterocycles. The van der Waals surface area contributed by atoms with Crippen molar-refractivity contribution in [2.75, 3.05) is 25.0 Å². The minimum Gasteiger partial charge on any atom is -0.483 e. The number of amides is 1. The molecule has 31 heavy (non-hydrogen) atoms. The lowest BCUT2D eigenvalue weighted by atomic mass is 9.86. The first-order valence-electron chi connectivity index (χ1n) is 9.93. The number of sulfonamides is 1. The molecule has 0 aliphatic rings. The number of hydrogen-bond donors (Lipinski definition) is 1. The number of rotatable bonds is 10. The highest BCUT2D eigenvalue weighted by atomic mass is 32.2. The van der Waals surface area contributed by atoms with E-state index >= 15 is 0 Å². The monoisotopic (exact) mass is 442 g/mol. The molecule has 0 saturated carbocycles. The first-order chi connectivity index (χ1) is 14.6. The largest absolute Gasteiger partial charge is 0.483 e. The van der Waals surface area contributed by atoms with Crippen LogP contribution in [0.5, 0.6) is 5.75 Å². The van der Waals surface area contributed by atoms with Gasteiger partial charge in [0.25, 0.3) is 5.91 Å². The van der Waals surface area contributed by atoms with E-state index in [1.54, 1.807) is 12.1 Å². The average molecular weight is 443 g/mol. The number of nitrogens with one attached hydrogen (secondary N) is 1. The van der Waals surface area contributed by atoms with Gasteiger partial charge in [0.15, 0.2) is 6.61 Å². The Bertz CT molecular complexity index is 1010. The maximum Gasteiger partial charge on any atom is 0.262 e. The molecule has 7 heteroatoms. The minimum absolute atomic E-state index is 0.112. The molecule has 0 spiro atoms. The van der Waals surface area contributed by atoms with Gasteiger partial charge in [-0.15, -0.1) is 13.2 Å². The maximum atomic E-state index is 12.7. The van der Waals surface area contributed by atoms with Crippen LogP contribution in [0.4, 0.5) is 5.69 Å². The Morgan fingerprint density at radius 1 is 1.03 bits per heavy atom. The van der Waals surface area contributed by atoms with Gasteiger partial charge in [0, 0.05) is 18.8 Å². The molecular formula is C24H30N2O4S. The molecule has 0 aromatic heterocycles. The lowest BCUT2D eigenvalue weighted by Gasteiger charge is -2.22. The molecule has 0 radical (unpaired) electrons. The number of anilines is 1. The van der Waals surface area contributed by atoms with Crippen molar-refractivity contribution in [1.29, 1.82) is 0 Å². The molecule has 0 saturated heterocycles. The van der Waals surface area contributed by atoms with E-state index in [1.165, 1.54) is 28.6 Å². The minimum atomic E-state index is -3.68. The lowest BCUT2D eigenvalue weighted by molar-refractivity contribution is -0.118. The zero-order valence-electron chi connectivity index (χ0n) is 18.3. The fraction of sp³-hybridized carbons (Fsp3) is 0.292. The topological polar surface area (TPSA) is 75.7 Å². The number of nitrogens with zero attached hydrogens (tertiary/aromatic N) is 1. The van der Waals surface area contributed by atoms with Gasteiger partial charge in [0.2, 0.25) is 10.0 Å². The molecule has 1 N–H and O–H groups in total. The lowest BCUT2D eigenvalue weighted by Crippen LogP contribution is -2.31. The van der Waals surface area contributed by atoms with Crippen LogP contribution in [0.3, 0.4) is 0 Å². The Kier molecular flexibility index (Phi) is 8.19. The molecule has 6 nitrogen and oxygen atoms in total. The summed E-state index contributed by atoms with van der Waals surface area (Å²) in [4.78, 5) is 12.5. The van der Waals surface area contributed by atoms with Gasteiger partial charge in [-0.3, -0.25) is 4.79 Å². The van der Waals surface area contributed by atoms with Crippen LogP contribution in [0, 0.1) is 0 Å². The fourth-order valence-corrected chi connectivity index (χ4v) is 4.35. The average Bonchev–Trinajstić information content (AvgIpc) is 2.72. The van der Waals surface area contributed by atoms with Crippen molar-refractivity contribution in [1.82, 2.24) is 4.31 Å². The molecular weight excluding hydrogens is 412 g/mol. The highest BCUT2D eigenvalue weighted by Gasteiger charge is 2.22. The first-order valence-corrected chi connectivity index (χ1v) is 11.4. The van der Waals surface area contributed by atoms with Crippen molar-refractivity contribution in [3.05, 3.63) is 79.4 Å². The summed E-state index contributed by atoms with van der Waals surface area (Å²) in [6.45, 7) is 13.6. The molecule has 0 bridgehead atoms. The molecule has 2 rings (SSSR count). The third kappa shape index (κ3) is 6.54. The number of carbonyl (C=O) groups is 1. The van der Waals surface area contributed by atoms with E-state index in [4.69, 9.17) is 4.74 Å². The summed E-state index contributed by atoms with van der Waals surface area (Å²) in [5.74, 6) is 0.329. The van der Waals surface area contributed by atoms with Gasteiger partial charge in [0.05, 0.1) is 4.90 Å². The zero-order valence-corrected chi connectivity index (χ0v) is 19.1. The van der Waals surface area contributed by atoms with Gasteiger partial charge in [-0.2, -0.15) is 4.31 Å². The Labute approximate surface area is 185 Å². The Balaban J connectivity index is 2.04. The molecule has 1 amide bonds. The Morgan fingerprint density at radius 2 is 1.61 bits per heavy atom. The fourth-order valence-electron chi connectivity index (χ4n) is 2.97. The molecule has 166 valence electrons. The quantitative estimate of drug-likeness (QED) is 0.555. The van der Waals surface area contributed by atoms with E-state index in [-0.39, 0.29) is 35.9 Å². The van der Waals surface area contributed by atoms with Crippen molar-refractivity contribution in [2.45, 2.75) is 31.1 Å². The molecule has 0 unspecified atom stereocenters. The van der Waals surface area contributed by atoms with Crippen molar-refractivity contribution in [3.63, 3.8) is 0 Å². The number of benzene rings is 2. The second-order valence-electron chi connectivity index (χ2n) is 8.01. The van der Waals surface area contributed by atoms with Crippen molar-refractivity contribution >= 4 is 21.6 Å². The van der Waals surface area contributed by atoms with Crippen LogP contribution < -0.4 is 10.1 Å². The molecule has 0 atom stereocenters. The van der Waals surface area contributed by atoms with Gasteiger partial charge in [-0.25, -0.2) is 8.42 Å². The van der Waals surface area contributed by atoms with Gasteiger partial charge < -0.3 is 10.1 Å². The highest BCUT2D eigenvalue weighted by Crippen LogP contribution is 2.30. The van der Waals surface area contributed by atoms with E-state index in [2.05, 4.69) is 39.2 Å². The van der Waals surface area contributed by atoms with Crippen LogP contribution in [0.25, 0.3) is 0 Å². The van der Waals surface area contributed by atoms with Crippen LogP contribution in [0.1, 0.15) is 26.3 Å². The SMILES string of the molecule is C=CCN(CC=C)S(=O)(=O)c1ccc(NC(=O)COc2ccccc2C(C)(C)C)cc1. The Morgan fingerprint density at radius 3 is 2.16 bits per heavy atom. The van der Waals surface area contributed by atoms with E-state index in [0.29, 0.717) is 11.4 Å². The molecule has 0 aliphatic carbocycles. The maximum absolute atomic E-state index is 12.7. The van der Waals surface area contributed by atoms with Crippen LogP contribution in [0.2, 0.25) is 0 Å². The van der Waals surface area contributed by atoms with Gasteiger partial charge in [0.1, 0.15) is 5.75 Å². The molecule has 0 fully saturated rings. The highest BCUT2D eigenvalue weighted by molar-refractivity contribution is 7.89.